The second kappa shape index (κ2) is 8.81. The van der Waals surface area contributed by atoms with Crippen LogP contribution >= 0.6 is 0 Å². The molecule has 3 fully saturated rings. The number of anilines is 1. The third-order valence-electron chi connectivity index (χ3n) is 7.40. The van der Waals surface area contributed by atoms with Crippen LogP contribution < -0.4 is 10.2 Å². The van der Waals surface area contributed by atoms with Gasteiger partial charge in [0.25, 0.3) is 0 Å². The molecule has 0 spiro atoms. The van der Waals surface area contributed by atoms with Crippen molar-refractivity contribution in [3.63, 3.8) is 0 Å². The van der Waals surface area contributed by atoms with E-state index in [1.165, 1.54) is 12.0 Å². The van der Waals surface area contributed by atoms with Gasteiger partial charge in [-0.15, -0.1) is 0 Å². The number of alkyl halides is 1. The summed E-state index contributed by atoms with van der Waals surface area (Å²) in [6.07, 6.45) is 11.8. The first kappa shape index (κ1) is 21.4. The molecule has 8 heteroatoms. The predicted molar refractivity (Wildman–Crippen MR) is 120 cm³/mol. The van der Waals surface area contributed by atoms with Crippen molar-refractivity contribution in [2.75, 3.05) is 31.1 Å². The highest BCUT2D eigenvalue weighted by atomic mass is 19.1. The summed E-state index contributed by atoms with van der Waals surface area (Å²) in [6.45, 7) is 2.91. The van der Waals surface area contributed by atoms with Crippen LogP contribution in [0.25, 0.3) is 5.52 Å². The summed E-state index contributed by atoms with van der Waals surface area (Å²) in [6, 6.07) is 3.81. The molecule has 0 aromatic carbocycles. The number of nitrogens with one attached hydrogen (secondary N) is 1. The molecule has 2 saturated heterocycles. The molecule has 2 aliphatic heterocycles. The summed E-state index contributed by atoms with van der Waals surface area (Å²) in [7, 11) is 0. The zero-order valence-corrected chi connectivity index (χ0v) is 18.6. The fraction of sp³-hybridized carbons (Fsp3) is 0.625. The predicted octanol–water partition coefficient (Wildman–Crippen LogP) is 3.71. The number of hydrogen-bond acceptors (Lipinski definition) is 4. The first-order chi connectivity index (χ1) is 15.5. The molecule has 1 aliphatic carbocycles. The molecular weight excluding hydrogens is 409 g/mol. The summed E-state index contributed by atoms with van der Waals surface area (Å²) in [5, 5.41) is 6.75. The lowest BCUT2D eigenvalue weighted by Crippen LogP contribution is -2.49. The highest BCUT2D eigenvalue weighted by molar-refractivity contribution is 6.07. The minimum atomic E-state index is -0.972. The number of amides is 3. The second-order valence-electron chi connectivity index (χ2n) is 9.78. The number of carbonyl (C=O) groups is 2. The molecule has 2 aromatic rings. The van der Waals surface area contributed by atoms with Crippen LogP contribution in [0.2, 0.25) is 0 Å². The van der Waals surface area contributed by atoms with Gasteiger partial charge in [-0.3, -0.25) is 15.0 Å². The van der Waals surface area contributed by atoms with Crippen LogP contribution in [0.1, 0.15) is 56.9 Å². The van der Waals surface area contributed by atoms with Gasteiger partial charge in [0.1, 0.15) is 5.67 Å². The number of likely N-dealkylation sites (tertiary alicyclic amines) is 1. The van der Waals surface area contributed by atoms with Gasteiger partial charge in [-0.2, -0.15) is 5.10 Å². The van der Waals surface area contributed by atoms with Crippen molar-refractivity contribution in [3.8, 4) is 0 Å². The topological polar surface area (TPSA) is 70.0 Å². The molecule has 0 unspecified atom stereocenters. The maximum atomic E-state index is 15.1. The Labute approximate surface area is 187 Å². The summed E-state index contributed by atoms with van der Waals surface area (Å²) < 4.78 is 16.8. The quantitative estimate of drug-likeness (QED) is 0.768. The normalized spacial score (nSPS) is 23.0. The monoisotopic (exact) mass is 441 g/mol. The lowest BCUT2D eigenvalue weighted by molar-refractivity contribution is -0.120. The van der Waals surface area contributed by atoms with E-state index in [9.17, 15) is 9.59 Å². The van der Waals surface area contributed by atoms with E-state index in [1.54, 1.807) is 15.6 Å². The Morgan fingerprint density at radius 3 is 2.66 bits per heavy atom. The Bertz CT molecular complexity index is 991. The maximum absolute atomic E-state index is 15.1. The Hall–Kier alpha value is -2.48. The third kappa shape index (κ3) is 4.51. The number of aromatic nitrogens is 2. The van der Waals surface area contributed by atoms with Gasteiger partial charge in [-0.05, 0) is 68.8 Å². The molecular formula is C24H32FN5O2. The molecule has 1 saturated carbocycles. The largest absolute Gasteiger partial charge is 0.328 e. The average Bonchev–Trinajstić information content (AvgIpc) is 3.18. The Kier molecular flexibility index (Phi) is 5.88. The van der Waals surface area contributed by atoms with Crippen LogP contribution in [-0.2, 0) is 11.2 Å². The fourth-order valence-corrected chi connectivity index (χ4v) is 5.57. The highest BCUT2D eigenvalue weighted by Gasteiger charge is 2.35. The lowest BCUT2D eigenvalue weighted by atomic mass is 9.84. The van der Waals surface area contributed by atoms with Gasteiger partial charge >= 0.3 is 6.03 Å². The van der Waals surface area contributed by atoms with Crippen molar-refractivity contribution in [3.05, 3.63) is 30.1 Å². The summed E-state index contributed by atoms with van der Waals surface area (Å²) in [5.41, 5.74) is 1.86. The molecule has 0 radical (unpaired) electrons. The van der Waals surface area contributed by atoms with Crippen molar-refractivity contribution in [1.29, 1.82) is 0 Å². The SMILES string of the molecule is O=C1CCN(c2cnn3ccc(CC4CCN(CC5(F)CCCCC5)CC4)cc23)C(=O)N1. The number of hydrogen-bond donors (Lipinski definition) is 1. The second-order valence-corrected chi connectivity index (χ2v) is 9.78. The van der Waals surface area contributed by atoms with Crippen LogP contribution in [0.5, 0.6) is 0 Å². The molecule has 3 aliphatic rings. The number of piperidine rings is 1. The average molecular weight is 442 g/mol. The number of pyridine rings is 1. The standard InChI is InChI=1S/C24H32FN5O2/c25-24(8-2-1-3-9-24)17-28-10-4-18(5-11-28)14-19-6-13-30-20(15-19)21(16-26-30)29-12-7-22(31)27-23(29)32/h6,13,15-16,18H,1-5,7-12,14,17H2,(H,27,31,32). The van der Waals surface area contributed by atoms with Gasteiger partial charge in [0, 0.05) is 25.7 Å². The van der Waals surface area contributed by atoms with Crippen molar-refractivity contribution >= 4 is 23.1 Å². The minimum absolute atomic E-state index is 0.239. The molecule has 32 heavy (non-hydrogen) atoms. The Balaban J connectivity index is 1.21. The summed E-state index contributed by atoms with van der Waals surface area (Å²) in [5.74, 6) is 0.342. The van der Waals surface area contributed by atoms with E-state index in [1.807, 2.05) is 6.20 Å². The molecule has 5 rings (SSSR count). The number of fused-ring (bicyclic) bond motifs is 1. The van der Waals surface area contributed by atoms with E-state index < -0.39 is 11.7 Å². The Morgan fingerprint density at radius 1 is 1.12 bits per heavy atom. The van der Waals surface area contributed by atoms with Crippen LogP contribution in [0.4, 0.5) is 14.9 Å². The number of carbonyl (C=O) groups excluding carboxylic acids is 2. The number of rotatable bonds is 5. The van der Waals surface area contributed by atoms with Crippen LogP contribution in [0, 0.1) is 5.92 Å². The number of urea groups is 1. The van der Waals surface area contributed by atoms with Gasteiger partial charge in [0.05, 0.1) is 17.4 Å². The van der Waals surface area contributed by atoms with Crippen LogP contribution in [-0.4, -0.2) is 58.3 Å². The lowest BCUT2D eigenvalue weighted by Gasteiger charge is -2.38. The third-order valence-corrected chi connectivity index (χ3v) is 7.40. The highest BCUT2D eigenvalue weighted by Crippen LogP contribution is 2.34. The summed E-state index contributed by atoms with van der Waals surface area (Å²) >= 11 is 0. The molecule has 0 atom stereocenters. The van der Waals surface area contributed by atoms with Crippen molar-refractivity contribution in [2.45, 2.75) is 63.5 Å². The van der Waals surface area contributed by atoms with E-state index >= 15 is 4.39 Å². The van der Waals surface area contributed by atoms with E-state index in [0.717, 1.165) is 69.2 Å². The molecule has 7 nitrogen and oxygen atoms in total. The van der Waals surface area contributed by atoms with Crippen molar-refractivity contribution in [2.24, 2.45) is 5.92 Å². The van der Waals surface area contributed by atoms with Gasteiger partial charge in [-0.25, -0.2) is 13.7 Å². The van der Waals surface area contributed by atoms with E-state index in [2.05, 4.69) is 27.4 Å². The number of imide groups is 1. The maximum Gasteiger partial charge on any atom is 0.328 e. The molecule has 172 valence electrons. The fourth-order valence-electron chi connectivity index (χ4n) is 5.57. The number of halogens is 1. The van der Waals surface area contributed by atoms with Gasteiger partial charge in [0.2, 0.25) is 5.91 Å². The zero-order chi connectivity index (χ0) is 22.1. The minimum Gasteiger partial charge on any atom is -0.300 e. The van der Waals surface area contributed by atoms with Crippen LogP contribution in [0.15, 0.2) is 24.5 Å². The van der Waals surface area contributed by atoms with Crippen molar-refractivity contribution < 1.29 is 14.0 Å². The van der Waals surface area contributed by atoms with E-state index in [0.29, 0.717) is 25.4 Å². The zero-order valence-electron chi connectivity index (χ0n) is 18.6. The van der Waals surface area contributed by atoms with Crippen LogP contribution in [0.3, 0.4) is 0 Å². The van der Waals surface area contributed by atoms with Gasteiger partial charge in [0.15, 0.2) is 0 Å². The summed E-state index contributed by atoms with van der Waals surface area (Å²) in [4.78, 5) is 27.7. The van der Waals surface area contributed by atoms with Crippen molar-refractivity contribution in [1.82, 2.24) is 19.8 Å². The van der Waals surface area contributed by atoms with Gasteiger partial charge < -0.3 is 4.90 Å². The number of nitrogens with zero attached hydrogens (tertiary/aromatic N) is 4. The molecule has 3 amide bonds. The Morgan fingerprint density at radius 2 is 1.91 bits per heavy atom. The molecule has 1 N–H and O–H groups in total. The first-order valence-corrected chi connectivity index (χ1v) is 12.0. The van der Waals surface area contributed by atoms with E-state index in [-0.39, 0.29) is 5.91 Å². The van der Waals surface area contributed by atoms with Gasteiger partial charge in [-0.1, -0.05) is 19.3 Å². The molecule has 4 heterocycles. The van der Waals surface area contributed by atoms with E-state index in [4.69, 9.17) is 0 Å². The first-order valence-electron chi connectivity index (χ1n) is 12.0. The smallest absolute Gasteiger partial charge is 0.300 e. The molecule has 0 bridgehead atoms. The molecule has 2 aromatic heterocycles.